The predicted octanol–water partition coefficient (Wildman–Crippen LogP) is 6.88. The Hall–Kier alpha value is -4.04. The summed E-state index contributed by atoms with van der Waals surface area (Å²) in [7, 11) is 0. The lowest BCUT2D eigenvalue weighted by atomic mass is 9.76. The fourth-order valence-corrected chi connectivity index (χ4v) is 5.90. The van der Waals surface area contributed by atoms with Crippen LogP contribution in [0.15, 0.2) is 70.6 Å². The van der Waals surface area contributed by atoms with Gasteiger partial charge in [-0.05, 0) is 61.0 Å². The molecule has 5 aromatic rings. The number of carbonyl (C=O) groups is 2. The van der Waals surface area contributed by atoms with Crippen molar-refractivity contribution in [2.75, 3.05) is 5.32 Å². The molecule has 0 bridgehead atoms. The minimum atomic E-state index is -0.335. The molecule has 2 aromatic carbocycles. The molecule has 0 aliphatic heterocycles. The highest BCUT2D eigenvalue weighted by Crippen LogP contribution is 2.36. The largest absolute Gasteiger partial charge is 0.436 e. The molecule has 3 aromatic heterocycles. The van der Waals surface area contributed by atoms with E-state index in [1.807, 2.05) is 66.9 Å². The van der Waals surface area contributed by atoms with Crippen molar-refractivity contribution in [2.45, 2.75) is 32.6 Å². The molecule has 2 atom stereocenters. The highest BCUT2D eigenvalue weighted by molar-refractivity contribution is 7.12. The number of ketones is 1. The first-order valence-electron chi connectivity index (χ1n) is 12.5. The Labute approximate surface area is 217 Å². The Morgan fingerprint density at radius 2 is 1.92 bits per heavy atom. The van der Waals surface area contributed by atoms with Crippen LogP contribution in [-0.2, 0) is 4.79 Å². The minimum absolute atomic E-state index is 0.0826. The average Bonchev–Trinajstić information content (AvgIpc) is 3.69. The number of oxazole rings is 1. The molecule has 3 heterocycles. The summed E-state index contributed by atoms with van der Waals surface area (Å²) < 4.78 is 6.00. The lowest BCUT2D eigenvalue weighted by molar-refractivity contribution is -0.121. The van der Waals surface area contributed by atoms with Crippen LogP contribution in [0.4, 0.5) is 5.69 Å². The molecule has 7 nitrogen and oxygen atoms in total. The highest BCUT2D eigenvalue weighted by Gasteiger charge is 2.36. The monoisotopic (exact) mass is 510 g/mol. The maximum absolute atomic E-state index is 13.4. The Kier molecular flexibility index (Phi) is 6.18. The number of hydrogen-bond acceptors (Lipinski definition) is 6. The van der Waals surface area contributed by atoms with Gasteiger partial charge in [-0.15, -0.1) is 11.3 Å². The van der Waals surface area contributed by atoms with E-state index < -0.39 is 0 Å². The summed E-state index contributed by atoms with van der Waals surface area (Å²) in [5.41, 5.74) is 5.63. The first-order chi connectivity index (χ1) is 18.1. The number of amides is 1. The third-order valence-corrected chi connectivity index (χ3v) is 7.92. The number of benzene rings is 2. The second-order valence-electron chi connectivity index (χ2n) is 9.56. The normalized spacial score (nSPS) is 17.6. The first kappa shape index (κ1) is 23.4. The number of aryl methyl sites for hydroxylation is 1. The van der Waals surface area contributed by atoms with Gasteiger partial charge in [-0.1, -0.05) is 37.1 Å². The van der Waals surface area contributed by atoms with Crippen LogP contribution in [0.5, 0.6) is 0 Å². The topological polar surface area (TPSA) is 101 Å². The predicted molar refractivity (Wildman–Crippen MR) is 144 cm³/mol. The fraction of sp³-hybridized carbons (Fsp3) is 0.241. The quantitative estimate of drug-likeness (QED) is 0.242. The van der Waals surface area contributed by atoms with Gasteiger partial charge >= 0.3 is 0 Å². The second-order valence-corrected chi connectivity index (χ2v) is 10.5. The zero-order chi connectivity index (χ0) is 25.4. The van der Waals surface area contributed by atoms with Crippen LogP contribution in [-0.4, -0.2) is 26.9 Å². The molecule has 6 rings (SSSR count). The molecule has 186 valence electrons. The minimum Gasteiger partial charge on any atom is -0.436 e. The molecular weight excluding hydrogens is 484 g/mol. The average molecular weight is 511 g/mol. The third kappa shape index (κ3) is 4.60. The lowest BCUT2D eigenvalue weighted by Crippen LogP contribution is -2.36. The van der Waals surface area contributed by atoms with Gasteiger partial charge in [0.2, 0.25) is 11.8 Å². The maximum Gasteiger partial charge on any atom is 0.231 e. The Bertz CT molecular complexity index is 1580. The number of H-pyrrole nitrogens is 1. The summed E-state index contributed by atoms with van der Waals surface area (Å²) in [6, 6.07) is 17.2. The van der Waals surface area contributed by atoms with Crippen LogP contribution in [0.25, 0.3) is 33.8 Å². The van der Waals surface area contributed by atoms with Crippen molar-refractivity contribution in [3.8, 4) is 22.7 Å². The van der Waals surface area contributed by atoms with Crippen molar-refractivity contribution in [1.29, 1.82) is 0 Å². The molecule has 8 heteroatoms. The Morgan fingerprint density at radius 1 is 1.05 bits per heavy atom. The number of anilines is 1. The van der Waals surface area contributed by atoms with Gasteiger partial charge in [0.25, 0.3) is 0 Å². The van der Waals surface area contributed by atoms with Gasteiger partial charge in [0.1, 0.15) is 5.52 Å². The molecule has 1 saturated carbocycles. The Morgan fingerprint density at radius 3 is 2.76 bits per heavy atom. The van der Waals surface area contributed by atoms with E-state index in [1.54, 1.807) is 6.20 Å². The summed E-state index contributed by atoms with van der Waals surface area (Å²) >= 11 is 1.44. The SMILES string of the molecule is Cc1ccc2oc(-c3cn[nH]c3-c3cccc(NC(=O)[C@@H]4CCCC[C@@H]4C(=O)c4cccs4)c3)nc2c1. The van der Waals surface area contributed by atoms with Crippen molar-refractivity contribution < 1.29 is 14.0 Å². The molecule has 1 aliphatic carbocycles. The molecule has 37 heavy (non-hydrogen) atoms. The van der Waals surface area contributed by atoms with Gasteiger partial charge < -0.3 is 9.73 Å². The van der Waals surface area contributed by atoms with E-state index >= 15 is 0 Å². The molecular formula is C29H26N4O3S. The number of aromatic nitrogens is 3. The summed E-state index contributed by atoms with van der Waals surface area (Å²) in [4.78, 5) is 31.8. The van der Waals surface area contributed by atoms with E-state index in [9.17, 15) is 9.59 Å². The van der Waals surface area contributed by atoms with Crippen LogP contribution in [0, 0.1) is 18.8 Å². The molecule has 1 amide bonds. The number of Topliss-reactive ketones (excluding diaryl/α,β-unsaturated/α-hetero) is 1. The van der Waals surface area contributed by atoms with Gasteiger partial charge in [0.15, 0.2) is 11.4 Å². The van der Waals surface area contributed by atoms with Gasteiger partial charge in [-0.25, -0.2) is 4.98 Å². The molecule has 0 radical (unpaired) electrons. The van der Waals surface area contributed by atoms with Gasteiger partial charge in [0, 0.05) is 23.1 Å². The number of thiophene rings is 1. The van der Waals surface area contributed by atoms with Crippen LogP contribution in [0.2, 0.25) is 0 Å². The van der Waals surface area contributed by atoms with Crippen LogP contribution in [0.3, 0.4) is 0 Å². The molecule has 0 spiro atoms. The van der Waals surface area contributed by atoms with Gasteiger partial charge in [-0.3, -0.25) is 14.7 Å². The van der Waals surface area contributed by atoms with E-state index in [0.717, 1.165) is 58.5 Å². The van der Waals surface area contributed by atoms with E-state index in [2.05, 4.69) is 20.5 Å². The number of aromatic amines is 1. The first-order valence-corrected chi connectivity index (χ1v) is 13.3. The second kappa shape index (κ2) is 9.78. The van der Waals surface area contributed by atoms with Crippen molar-refractivity contribution >= 4 is 39.8 Å². The van der Waals surface area contributed by atoms with E-state index in [1.165, 1.54) is 11.3 Å². The molecule has 1 fully saturated rings. The molecule has 2 N–H and O–H groups in total. The van der Waals surface area contributed by atoms with E-state index in [4.69, 9.17) is 4.42 Å². The smallest absolute Gasteiger partial charge is 0.231 e. The lowest BCUT2D eigenvalue weighted by Gasteiger charge is -2.29. The van der Waals surface area contributed by atoms with Crippen molar-refractivity contribution in [3.05, 3.63) is 76.6 Å². The zero-order valence-corrected chi connectivity index (χ0v) is 21.2. The fourth-order valence-electron chi connectivity index (χ4n) is 5.17. The van der Waals surface area contributed by atoms with Crippen molar-refractivity contribution in [3.63, 3.8) is 0 Å². The number of hydrogen-bond donors (Lipinski definition) is 2. The van der Waals surface area contributed by atoms with Crippen LogP contribution >= 0.6 is 11.3 Å². The standard InChI is InChI=1S/C29H26N4O3S/c1-17-11-12-24-23(14-17)32-29(36-24)22-16-30-33-26(22)18-6-4-7-19(15-18)31-28(35)21-9-3-2-8-20(21)27(34)25-10-5-13-37-25/h4-7,10-16,20-21H,2-3,8-9H2,1H3,(H,30,33)(H,31,35)/t20-,21+/m0/s1. The number of fused-ring (bicyclic) bond motifs is 1. The number of nitrogens with one attached hydrogen (secondary N) is 2. The van der Waals surface area contributed by atoms with Crippen LogP contribution in [0.1, 0.15) is 40.9 Å². The van der Waals surface area contributed by atoms with E-state index in [0.29, 0.717) is 17.2 Å². The number of carbonyl (C=O) groups excluding carboxylic acids is 2. The summed E-state index contributed by atoms with van der Waals surface area (Å²) in [5.74, 6) is -0.156. The number of rotatable bonds is 6. The van der Waals surface area contributed by atoms with E-state index in [-0.39, 0.29) is 23.5 Å². The Balaban J connectivity index is 1.24. The molecule has 0 unspecified atom stereocenters. The maximum atomic E-state index is 13.4. The summed E-state index contributed by atoms with van der Waals surface area (Å²) in [6.07, 6.45) is 5.08. The van der Waals surface area contributed by atoms with Crippen molar-refractivity contribution in [2.24, 2.45) is 11.8 Å². The molecule has 0 saturated heterocycles. The highest BCUT2D eigenvalue weighted by atomic mass is 32.1. The van der Waals surface area contributed by atoms with Crippen LogP contribution < -0.4 is 5.32 Å². The summed E-state index contributed by atoms with van der Waals surface area (Å²) in [6.45, 7) is 2.02. The third-order valence-electron chi connectivity index (χ3n) is 7.04. The summed E-state index contributed by atoms with van der Waals surface area (Å²) in [5, 5.41) is 12.3. The van der Waals surface area contributed by atoms with Gasteiger partial charge in [-0.2, -0.15) is 5.10 Å². The zero-order valence-electron chi connectivity index (χ0n) is 20.4. The molecule has 1 aliphatic rings. The number of nitrogens with zero attached hydrogens (tertiary/aromatic N) is 2. The van der Waals surface area contributed by atoms with Crippen molar-refractivity contribution in [1.82, 2.24) is 15.2 Å². The van der Waals surface area contributed by atoms with Gasteiger partial charge in [0.05, 0.1) is 22.3 Å².